The van der Waals surface area contributed by atoms with Crippen LogP contribution in [0.1, 0.15) is 12.0 Å². The molecule has 1 aromatic carbocycles. The molecule has 1 heterocycles. The zero-order valence-corrected chi connectivity index (χ0v) is 9.67. The molecule has 2 rings (SSSR count). The maximum Gasteiger partial charge on any atom is 0.573 e. The Bertz CT molecular complexity index is 389. The molecule has 1 saturated heterocycles. The first-order valence-electron chi connectivity index (χ1n) is 5.69. The SMILES string of the molecule is FC(F)(F)Oc1ccccc1CNC1CCOC1. The molecule has 100 valence electrons. The van der Waals surface area contributed by atoms with Crippen LogP contribution in [0.15, 0.2) is 24.3 Å². The number of alkyl halides is 3. The molecule has 0 saturated carbocycles. The molecule has 1 aliphatic heterocycles. The average molecular weight is 261 g/mol. The fraction of sp³-hybridized carbons (Fsp3) is 0.500. The van der Waals surface area contributed by atoms with Crippen LogP contribution in [0.2, 0.25) is 0 Å². The first kappa shape index (κ1) is 13.2. The Labute approximate surface area is 103 Å². The summed E-state index contributed by atoms with van der Waals surface area (Å²) in [6.45, 7) is 1.63. The van der Waals surface area contributed by atoms with Crippen molar-refractivity contribution in [3.63, 3.8) is 0 Å². The molecule has 1 aliphatic rings. The van der Waals surface area contributed by atoms with Crippen LogP contribution in [0, 0.1) is 0 Å². The van der Waals surface area contributed by atoms with E-state index >= 15 is 0 Å². The standard InChI is InChI=1S/C12H14F3NO2/c13-12(14,15)18-11-4-2-1-3-9(11)7-16-10-5-6-17-8-10/h1-4,10,16H,5-8H2. The zero-order valence-electron chi connectivity index (χ0n) is 9.67. The Hall–Kier alpha value is -1.27. The average Bonchev–Trinajstić information content (AvgIpc) is 2.79. The summed E-state index contributed by atoms with van der Waals surface area (Å²) in [6, 6.07) is 6.33. The summed E-state index contributed by atoms with van der Waals surface area (Å²) in [5, 5.41) is 3.15. The van der Waals surface area contributed by atoms with Crippen molar-refractivity contribution < 1.29 is 22.6 Å². The Morgan fingerprint density at radius 1 is 1.33 bits per heavy atom. The summed E-state index contributed by atoms with van der Waals surface area (Å²) in [4.78, 5) is 0. The van der Waals surface area contributed by atoms with E-state index in [-0.39, 0.29) is 11.8 Å². The predicted molar refractivity (Wildman–Crippen MR) is 59.2 cm³/mol. The number of hydrogen-bond donors (Lipinski definition) is 1. The Morgan fingerprint density at radius 3 is 2.78 bits per heavy atom. The van der Waals surface area contributed by atoms with Gasteiger partial charge in [0, 0.05) is 24.8 Å². The van der Waals surface area contributed by atoms with Gasteiger partial charge in [0.1, 0.15) is 5.75 Å². The van der Waals surface area contributed by atoms with Crippen LogP contribution >= 0.6 is 0 Å². The van der Waals surface area contributed by atoms with Crippen LogP contribution in [-0.4, -0.2) is 25.6 Å². The topological polar surface area (TPSA) is 30.5 Å². The van der Waals surface area contributed by atoms with Crippen molar-refractivity contribution in [1.29, 1.82) is 0 Å². The van der Waals surface area contributed by atoms with Gasteiger partial charge in [0.2, 0.25) is 0 Å². The monoisotopic (exact) mass is 261 g/mol. The van der Waals surface area contributed by atoms with E-state index in [1.165, 1.54) is 12.1 Å². The quantitative estimate of drug-likeness (QED) is 0.903. The number of para-hydroxylation sites is 1. The van der Waals surface area contributed by atoms with Gasteiger partial charge in [-0.05, 0) is 12.5 Å². The van der Waals surface area contributed by atoms with Crippen LogP contribution in [0.3, 0.4) is 0 Å². The van der Waals surface area contributed by atoms with Gasteiger partial charge in [0.05, 0.1) is 6.61 Å². The van der Waals surface area contributed by atoms with E-state index < -0.39 is 6.36 Å². The third-order valence-corrected chi connectivity index (χ3v) is 2.71. The lowest BCUT2D eigenvalue weighted by molar-refractivity contribution is -0.274. The van der Waals surface area contributed by atoms with E-state index in [0.717, 1.165) is 6.42 Å². The molecule has 3 nitrogen and oxygen atoms in total. The number of hydrogen-bond acceptors (Lipinski definition) is 3. The van der Waals surface area contributed by atoms with Crippen molar-refractivity contribution >= 4 is 0 Å². The molecule has 1 fully saturated rings. The molecule has 18 heavy (non-hydrogen) atoms. The maximum atomic E-state index is 12.2. The number of rotatable bonds is 4. The van der Waals surface area contributed by atoms with E-state index in [9.17, 15) is 13.2 Å². The molecular weight excluding hydrogens is 247 g/mol. The highest BCUT2D eigenvalue weighted by Gasteiger charge is 2.32. The third kappa shape index (κ3) is 3.89. The molecule has 0 aliphatic carbocycles. The third-order valence-electron chi connectivity index (χ3n) is 2.71. The van der Waals surface area contributed by atoms with Crippen LogP contribution in [0.4, 0.5) is 13.2 Å². The van der Waals surface area contributed by atoms with Crippen LogP contribution in [-0.2, 0) is 11.3 Å². The molecule has 1 unspecified atom stereocenters. The van der Waals surface area contributed by atoms with Gasteiger partial charge in [-0.2, -0.15) is 0 Å². The molecule has 0 bridgehead atoms. The second-order valence-corrected chi connectivity index (χ2v) is 4.10. The zero-order chi connectivity index (χ0) is 13.0. The predicted octanol–water partition coefficient (Wildman–Crippen LogP) is 2.46. The van der Waals surface area contributed by atoms with Gasteiger partial charge in [-0.25, -0.2) is 0 Å². The van der Waals surface area contributed by atoms with Crippen LogP contribution < -0.4 is 10.1 Å². The van der Waals surface area contributed by atoms with E-state index in [4.69, 9.17) is 4.74 Å². The molecule has 0 spiro atoms. The largest absolute Gasteiger partial charge is 0.573 e. The minimum atomic E-state index is -4.66. The van der Waals surface area contributed by atoms with Crippen LogP contribution in [0.5, 0.6) is 5.75 Å². The lowest BCUT2D eigenvalue weighted by Gasteiger charge is -2.15. The highest BCUT2D eigenvalue weighted by molar-refractivity contribution is 5.33. The first-order valence-corrected chi connectivity index (χ1v) is 5.69. The van der Waals surface area contributed by atoms with Gasteiger partial charge in [-0.3, -0.25) is 0 Å². The lowest BCUT2D eigenvalue weighted by Crippen LogP contribution is -2.29. The van der Waals surface area contributed by atoms with Gasteiger partial charge in [0.25, 0.3) is 0 Å². The van der Waals surface area contributed by atoms with E-state index in [2.05, 4.69) is 10.1 Å². The van der Waals surface area contributed by atoms with E-state index in [1.807, 2.05) is 0 Å². The Balaban J connectivity index is 1.98. The molecule has 1 aromatic rings. The van der Waals surface area contributed by atoms with Gasteiger partial charge >= 0.3 is 6.36 Å². The van der Waals surface area contributed by atoms with Crippen molar-refractivity contribution in [3.05, 3.63) is 29.8 Å². The maximum absolute atomic E-state index is 12.2. The Morgan fingerprint density at radius 2 is 2.11 bits per heavy atom. The smallest absolute Gasteiger partial charge is 0.405 e. The highest BCUT2D eigenvalue weighted by atomic mass is 19.4. The number of nitrogens with one attached hydrogen (secondary N) is 1. The second kappa shape index (κ2) is 5.58. The fourth-order valence-corrected chi connectivity index (χ4v) is 1.82. The molecule has 1 atom stereocenters. The summed E-state index contributed by atoms with van der Waals surface area (Å²) >= 11 is 0. The van der Waals surface area contributed by atoms with E-state index in [0.29, 0.717) is 25.3 Å². The summed E-state index contributed by atoms with van der Waals surface area (Å²) < 4.78 is 45.8. The van der Waals surface area contributed by atoms with Gasteiger partial charge < -0.3 is 14.8 Å². The molecule has 0 radical (unpaired) electrons. The summed E-state index contributed by atoms with van der Waals surface area (Å²) in [6.07, 6.45) is -3.78. The summed E-state index contributed by atoms with van der Waals surface area (Å²) in [5.41, 5.74) is 0.488. The summed E-state index contributed by atoms with van der Waals surface area (Å²) in [5.74, 6) is -0.156. The van der Waals surface area contributed by atoms with Crippen LogP contribution in [0.25, 0.3) is 0 Å². The van der Waals surface area contributed by atoms with Crippen molar-refractivity contribution in [2.24, 2.45) is 0 Å². The summed E-state index contributed by atoms with van der Waals surface area (Å²) in [7, 11) is 0. The fourth-order valence-electron chi connectivity index (χ4n) is 1.82. The molecule has 0 amide bonds. The highest BCUT2D eigenvalue weighted by Crippen LogP contribution is 2.26. The van der Waals surface area contributed by atoms with Crippen molar-refractivity contribution in [2.75, 3.05) is 13.2 Å². The lowest BCUT2D eigenvalue weighted by atomic mass is 10.2. The second-order valence-electron chi connectivity index (χ2n) is 4.10. The van der Waals surface area contributed by atoms with Crippen molar-refractivity contribution in [2.45, 2.75) is 25.4 Å². The van der Waals surface area contributed by atoms with E-state index in [1.54, 1.807) is 12.1 Å². The van der Waals surface area contributed by atoms with Crippen molar-refractivity contribution in [1.82, 2.24) is 5.32 Å². The minimum absolute atomic E-state index is 0.156. The van der Waals surface area contributed by atoms with Gasteiger partial charge in [0.15, 0.2) is 0 Å². The molecule has 6 heteroatoms. The normalized spacial score (nSPS) is 20.1. The molecule has 1 N–H and O–H groups in total. The number of halogens is 3. The van der Waals surface area contributed by atoms with Gasteiger partial charge in [-0.15, -0.1) is 13.2 Å². The number of benzene rings is 1. The first-order chi connectivity index (χ1) is 8.54. The van der Waals surface area contributed by atoms with Gasteiger partial charge in [-0.1, -0.05) is 18.2 Å². The van der Waals surface area contributed by atoms with Crippen molar-refractivity contribution in [3.8, 4) is 5.75 Å². The molecule has 0 aromatic heterocycles. The Kier molecular flexibility index (Phi) is 4.08. The minimum Gasteiger partial charge on any atom is -0.405 e. The molecular formula is C12H14F3NO2. The number of ether oxygens (including phenoxy) is 2.